The number of hydrogen-bond donors (Lipinski definition) is 1. The lowest BCUT2D eigenvalue weighted by molar-refractivity contribution is 0.463. The fourth-order valence-corrected chi connectivity index (χ4v) is 1.89. The lowest BCUT2D eigenvalue weighted by Crippen LogP contribution is -2.15. The molecule has 0 bridgehead atoms. The van der Waals surface area contributed by atoms with E-state index in [9.17, 15) is 0 Å². The molecule has 0 unspecified atom stereocenters. The van der Waals surface area contributed by atoms with Crippen LogP contribution in [0.15, 0.2) is 30.5 Å². The van der Waals surface area contributed by atoms with Crippen LogP contribution in [0, 0.1) is 6.92 Å². The van der Waals surface area contributed by atoms with E-state index >= 15 is 0 Å². The first-order chi connectivity index (χ1) is 10.1. The largest absolute Gasteiger partial charge is 0.454 e. The van der Waals surface area contributed by atoms with Gasteiger partial charge >= 0.3 is 0 Å². The molecule has 1 heterocycles. The molecule has 0 atom stereocenters. The summed E-state index contributed by atoms with van der Waals surface area (Å²) in [5, 5.41) is 3.30. The van der Waals surface area contributed by atoms with Crippen LogP contribution in [0.1, 0.15) is 43.8 Å². The van der Waals surface area contributed by atoms with Crippen molar-refractivity contribution >= 4 is 0 Å². The summed E-state index contributed by atoms with van der Waals surface area (Å²) in [5.74, 6) is 2.67. The Kier molecular flexibility index (Phi) is 5.28. The number of rotatable bonds is 6. The molecule has 2 rings (SSSR count). The molecule has 0 spiro atoms. The van der Waals surface area contributed by atoms with E-state index in [0.29, 0.717) is 18.2 Å². The van der Waals surface area contributed by atoms with Gasteiger partial charge in [-0.25, -0.2) is 9.97 Å². The molecule has 1 aromatic carbocycles. The van der Waals surface area contributed by atoms with Crippen molar-refractivity contribution < 1.29 is 4.74 Å². The SMILES string of the molecule is CCNCc1nc(C(C)C)ncc1Oc1ccc(C)cc1. The highest BCUT2D eigenvalue weighted by molar-refractivity contribution is 5.34. The average Bonchev–Trinajstić information content (AvgIpc) is 2.48. The van der Waals surface area contributed by atoms with Crippen molar-refractivity contribution in [2.45, 2.75) is 40.2 Å². The van der Waals surface area contributed by atoms with E-state index in [1.807, 2.05) is 24.3 Å². The van der Waals surface area contributed by atoms with Crippen molar-refractivity contribution in [3.8, 4) is 11.5 Å². The predicted molar refractivity (Wildman–Crippen MR) is 84.8 cm³/mol. The van der Waals surface area contributed by atoms with Gasteiger partial charge in [-0.2, -0.15) is 0 Å². The van der Waals surface area contributed by atoms with Gasteiger partial charge < -0.3 is 10.1 Å². The van der Waals surface area contributed by atoms with Gasteiger partial charge in [-0.15, -0.1) is 0 Å². The second-order valence-corrected chi connectivity index (χ2v) is 5.39. The molecule has 0 fully saturated rings. The Labute approximate surface area is 126 Å². The molecule has 1 N–H and O–H groups in total. The monoisotopic (exact) mass is 285 g/mol. The summed E-state index contributed by atoms with van der Waals surface area (Å²) in [6.45, 7) is 9.89. The molecule has 21 heavy (non-hydrogen) atoms. The highest BCUT2D eigenvalue weighted by atomic mass is 16.5. The minimum atomic E-state index is 0.304. The van der Waals surface area contributed by atoms with E-state index in [0.717, 1.165) is 23.8 Å². The Bertz CT molecular complexity index is 579. The first-order valence-corrected chi connectivity index (χ1v) is 7.41. The van der Waals surface area contributed by atoms with Gasteiger partial charge in [0.2, 0.25) is 0 Å². The van der Waals surface area contributed by atoms with Crippen molar-refractivity contribution in [2.75, 3.05) is 6.54 Å². The molecule has 112 valence electrons. The van der Waals surface area contributed by atoms with Crippen LogP contribution < -0.4 is 10.1 Å². The fourth-order valence-electron chi connectivity index (χ4n) is 1.89. The van der Waals surface area contributed by atoms with Crippen LogP contribution in [-0.4, -0.2) is 16.5 Å². The molecule has 0 aliphatic heterocycles. The van der Waals surface area contributed by atoms with Gasteiger partial charge in [0.15, 0.2) is 5.75 Å². The van der Waals surface area contributed by atoms with Gasteiger partial charge in [0.05, 0.1) is 6.20 Å². The quantitative estimate of drug-likeness (QED) is 0.876. The lowest BCUT2D eigenvalue weighted by atomic mass is 10.2. The third-order valence-electron chi connectivity index (χ3n) is 3.16. The van der Waals surface area contributed by atoms with Gasteiger partial charge in [0.1, 0.15) is 17.3 Å². The van der Waals surface area contributed by atoms with Crippen LogP contribution in [0.25, 0.3) is 0 Å². The average molecular weight is 285 g/mol. The van der Waals surface area contributed by atoms with E-state index < -0.39 is 0 Å². The van der Waals surface area contributed by atoms with Crippen molar-refractivity contribution in [3.05, 3.63) is 47.5 Å². The van der Waals surface area contributed by atoms with Crippen molar-refractivity contribution in [1.29, 1.82) is 0 Å². The standard InChI is InChI=1S/C17H23N3O/c1-5-18-10-15-16(11-19-17(20-15)12(2)3)21-14-8-6-13(4)7-9-14/h6-9,11-12,18H,5,10H2,1-4H3. The zero-order valence-electron chi connectivity index (χ0n) is 13.2. The van der Waals surface area contributed by atoms with Crippen LogP contribution in [0.3, 0.4) is 0 Å². The smallest absolute Gasteiger partial charge is 0.168 e. The molecule has 4 nitrogen and oxygen atoms in total. The minimum absolute atomic E-state index is 0.304. The highest BCUT2D eigenvalue weighted by Gasteiger charge is 2.11. The third kappa shape index (κ3) is 4.26. The van der Waals surface area contributed by atoms with Crippen LogP contribution in [0.5, 0.6) is 11.5 Å². The first kappa shape index (κ1) is 15.4. The molecule has 2 aromatic rings. The number of aromatic nitrogens is 2. The maximum Gasteiger partial charge on any atom is 0.168 e. The van der Waals surface area contributed by atoms with E-state index in [-0.39, 0.29) is 0 Å². The van der Waals surface area contributed by atoms with Crippen LogP contribution in [-0.2, 0) is 6.54 Å². The number of benzene rings is 1. The Morgan fingerprint density at radius 1 is 1.19 bits per heavy atom. The summed E-state index contributed by atoms with van der Waals surface area (Å²) in [6.07, 6.45) is 1.77. The molecule has 0 amide bonds. The summed E-state index contributed by atoms with van der Waals surface area (Å²) in [7, 11) is 0. The van der Waals surface area contributed by atoms with E-state index in [2.05, 4.69) is 43.0 Å². The predicted octanol–water partition coefficient (Wildman–Crippen LogP) is 3.81. The van der Waals surface area contributed by atoms with Gasteiger partial charge in [0, 0.05) is 12.5 Å². The second kappa shape index (κ2) is 7.18. The number of ether oxygens (including phenoxy) is 1. The maximum absolute atomic E-state index is 5.93. The number of aryl methyl sites for hydroxylation is 1. The zero-order valence-corrected chi connectivity index (χ0v) is 13.2. The number of nitrogens with one attached hydrogen (secondary N) is 1. The Morgan fingerprint density at radius 3 is 2.52 bits per heavy atom. The topological polar surface area (TPSA) is 47.0 Å². The van der Waals surface area contributed by atoms with Crippen LogP contribution in [0.4, 0.5) is 0 Å². The molecule has 0 saturated carbocycles. The van der Waals surface area contributed by atoms with Crippen LogP contribution in [0.2, 0.25) is 0 Å². The molecule has 1 aromatic heterocycles. The van der Waals surface area contributed by atoms with Crippen molar-refractivity contribution in [2.24, 2.45) is 0 Å². The first-order valence-electron chi connectivity index (χ1n) is 7.41. The third-order valence-corrected chi connectivity index (χ3v) is 3.16. The Morgan fingerprint density at radius 2 is 1.90 bits per heavy atom. The second-order valence-electron chi connectivity index (χ2n) is 5.39. The molecule has 0 aliphatic rings. The molecule has 0 aliphatic carbocycles. The van der Waals surface area contributed by atoms with Gasteiger partial charge in [-0.3, -0.25) is 0 Å². The number of nitrogens with zero attached hydrogens (tertiary/aromatic N) is 2. The maximum atomic E-state index is 5.93. The Balaban J connectivity index is 2.25. The van der Waals surface area contributed by atoms with Gasteiger partial charge in [-0.05, 0) is 25.6 Å². The zero-order chi connectivity index (χ0) is 15.2. The molecular weight excluding hydrogens is 262 g/mol. The highest BCUT2D eigenvalue weighted by Crippen LogP contribution is 2.25. The van der Waals surface area contributed by atoms with Crippen LogP contribution >= 0.6 is 0 Å². The van der Waals surface area contributed by atoms with Gasteiger partial charge in [0.25, 0.3) is 0 Å². The summed E-state index contributed by atoms with van der Waals surface area (Å²) in [6, 6.07) is 7.98. The summed E-state index contributed by atoms with van der Waals surface area (Å²) < 4.78 is 5.93. The summed E-state index contributed by atoms with van der Waals surface area (Å²) >= 11 is 0. The van der Waals surface area contributed by atoms with E-state index in [1.54, 1.807) is 6.20 Å². The van der Waals surface area contributed by atoms with E-state index in [1.165, 1.54) is 5.56 Å². The molecule has 4 heteroatoms. The summed E-state index contributed by atoms with van der Waals surface area (Å²) in [4.78, 5) is 9.02. The normalized spacial score (nSPS) is 10.9. The molecular formula is C17H23N3O. The number of hydrogen-bond acceptors (Lipinski definition) is 4. The fraction of sp³-hybridized carbons (Fsp3) is 0.412. The van der Waals surface area contributed by atoms with E-state index in [4.69, 9.17) is 4.74 Å². The molecule has 0 saturated heterocycles. The van der Waals surface area contributed by atoms with Crippen molar-refractivity contribution in [1.82, 2.24) is 15.3 Å². The molecule has 0 radical (unpaired) electrons. The summed E-state index contributed by atoms with van der Waals surface area (Å²) in [5.41, 5.74) is 2.11. The lowest BCUT2D eigenvalue weighted by Gasteiger charge is -2.13. The Hall–Kier alpha value is -1.94. The minimum Gasteiger partial charge on any atom is -0.454 e. The van der Waals surface area contributed by atoms with Gasteiger partial charge in [-0.1, -0.05) is 38.5 Å². The van der Waals surface area contributed by atoms with Crippen molar-refractivity contribution in [3.63, 3.8) is 0 Å².